The second kappa shape index (κ2) is 11.3. The van der Waals surface area contributed by atoms with Crippen LogP contribution in [0, 0.1) is 0 Å². The SMILES string of the molecule is O=C(CN(CCO)C1CCCCC1)NC(=O)NCCC1=CCCCC1. The third-order valence-corrected chi connectivity index (χ3v) is 5.19. The van der Waals surface area contributed by atoms with Gasteiger partial charge in [-0.15, -0.1) is 0 Å². The Labute approximate surface area is 151 Å². The van der Waals surface area contributed by atoms with Crippen LogP contribution in [0.1, 0.15) is 64.2 Å². The predicted octanol–water partition coefficient (Wildman–Crippen LogP) is 2.33. The number of rotatable bonds is 8. The summed E-state index contributed by atoms with van der Waals surface area (Å²) >= 11 is 0. The van der Waals surface area contributed by atoms with E-state index in [9.17, 15) is 14.7 Å². The van der Waals surface area contributed by atoms with E-state index in [0.29, 0.717) is 19.1 Å². The van der Waals surface area contributed by atoms with E-state index < -0.39 is 6.03 Å². The number of aliphatic hydroxyl groups is 1. The van der Waals surface area contributed by atoms with Gasteiger partial charge >= 0.3 is 6.03 Å². The van der Waals surface area contributed by atoms with Crippen molar-refractivity contribution in [3.63, 3.8) is 0 Å². The van der Waals surface area contributed by atoms with Crippen molar-refractivity contribution in [2.24, 2.45) is 0 Å². The van der Waals surface area contributed by atoms with Crippen molar-refractivity contribution in [1.82, 2.24) is 15.5 Å². The van der Waals surface area contributed by atoms with E-state index in [4.69, 9.17) is 0 Å². The average Bonchev–Trinajstić information content (AvgIpc) is 2.63. The number of carbonyl (C=O) groups is 2. The third-order valence-electron chi connectivity index (χ3n) is 5.19. The number of hydrogen-bond acceptors (Lipinski definition) is 4. The van der Waals surface area contributed by atoms with E-state index >= 15 is 0 Å². The summed E-state index contributed by atoms with van der Waals surface area (Å²) in [4.78, 5) is 26.0. The van der Waals surface area contributed by atoms with Crippen LogP contribution in [-0.4, -0.2) is 54.2 Å². The number of nitrogens with zero attached hydrogens (tertiary/aromatic N) is 1. The fraction of sp³-hybridized carbons (Fsp3) is 0.789. The summed E-state index contributed by atoms with van der Waals surface area (Å²) in [6, 6.07) is -0.0815. The Balaban J connectivity index is 1.67. The molecule has 0 bridgehead atoms. The maximum absolute atomic E-state index is 12.1. The summed E-state index contributed by atoms with van der Waals surface area (Å²) in [6.07, 6.45) is 13.6. The number of carbonyl (C=O) groups excluding carboxylic acids is 2. The van der Waals surface area contributed by atoms with Crippen LogP contribution in [0.3, 0.4) is 0 Å². The van der Waals surface area contributed by atoms with Gasteiger partial charge in [-0.2, -0.15) is 0 Å². The highest BCUT2D eigenvalue weighted by Crippen LogP contribution is 2.22. The van der Waals surface area contributed by atoms with Crippen LogP contribution < -0.4 is 10.6 Å². The van der Waals surface area contributed by atoms with Gasteiger partial charge in [0.1, 0.15) is 0 Å². The topological polar surface area (TPSA) is 81.7 Å². The molecule has 0 aromatic heterocycles. The summed E-state index contributed by atoms with van der Waals surface area (Å²) in [5.74, 6) is -0.298. The van der Waals surface area contributed by atoms with Gasteiger partial charge in [0, 0.05) is 19.1 Å². The smallest absolute Gasteiger partial charge is 0.321 e. The molecular formula is C19H33N3O3. The molecule has 0 aromatic rings. The normalized spacial score (nSPS) is 18.7. The molecule has 1 saturated carbocycles. The summed E-state index contributed by atoms with van der Waals surface area (Å²) < 4.78 is 0. The highest BCUT2D eigenvalue weighted by atomic mass is 16.3. The van der Waals surface area contributed by atoms with Crippen molar-refractivity contribution >= 4 is 11.9 Å². The highest BCUT2D eigenvalue weighted by Gasteiger charge is 2.23. The molecule has 6 nitrogen and oxygen atoms in total. The predicted molar refractivity (Wildman–Crippen MR) is 98.2 cm³/mol. The molecule has 1 fully saturated rings. The molecule has 0 aromatic carbocycles. The Morgan fingerprint density at radius 1 is 1.16 bits per heavy atom. The van der Waals surface area contributed by atoms with Gasteiger partial charge in [0.25, 0.3) is 0 Å². The zero-order chi connectivity index (χ0) is 17.9. The minimum Gasteiger partial charge on any atom is -0.395 e. The molecule has 2 aliphatic carbocycles. The quantitative estimate of drug-likeness (QED) is 0.586. The Hall–Kier alpha value is -1.40. The molecule has 0 spiro atoms. The number of amides is 3. The molecule has 3 N–H and O–H groups in total. The van der Waals surface area contributed by atoms with E-state index in [1.807, 2.05) is 4.90 Å². The average molecular weight is 351 g/mol. The summed E-state index contributed by atoms with van der Waals surface area (Å²) in [6.45, 7) is 1.25. The van der Waals surface area contributed by atoms with Crippen molar-refractivity contribution in [3.05, 3.63) is 11.6 Å². The van der Waals surface area contributed by atoms with Gasteiger partial charge in [-0.1, -0.05) is 30.9 Å². The highest BCUT2D eigenvalue weighted by molar-refractivity contribution is 5.95. The lowest BCUT2D eigenvalue weighted by Crippen LogP contribution is -2.48. The lowest BCUT2D eigenvalue weighted by molar-refractivity contribution is -0.122. The zero-order valence-corrected chi connectivity index (χ0v) is 15.3. The first-order chi connectivity index (χ1) is 12.2. The van der Waals surface area contributed by atoms with Crippen molar-refractivity contribution in [3.8, 4) is 0 Å². The number of allylic oxidation sites excluding steroid dienone is 1. The fourth-order valence-electron chi connectivity index (χ4n) is 3.83. The first-order valence-corrected chi connectivity index (χ1v) is 9.79. The van der Waals surface area contributed by atoms with E-state index in [1.165, 1.54) is 37.7 Å². The van der Waals surface area contributed by atoms with Gasteiger partial charge in [-0.25, -0.2) is 4.79 Å². The number of aliphatic hydroxyl groups excluding tert-OH is 1. The molecule has 0 radical (unpaired) electrons. The van der Waals surface area contributed by atoms with E-state index in [0.717, 1.165) is 32.1 Å². The Morgan fingerprint density at radius 2 is 1.96 bits per heavy atom. The number of nitrogens with one attached hydrogen (secondary N) is 2. The summed E-state index contributed by atoms with van der Waals surface area (Å²) in [7, 11) is 0. The van der Waals surface area contributed by atoms with Crippen LogP contribution in [0.25, 0.3) is 0 Å². The van der Waals surface area contributed by atoms with Crippen LogP contribution in [0.5, 0.6) is 0 Å². The standard InChI is InChI=1S/C19H33N3O3/c23-14-13-22(17-9-5-2-6-10-17)15-18(24)21-19(25)20-12-11-16-7-3-1-4-8-16/h7,17,23H,1-6,8-15H2,(H2,20,21,24,25). The summed E-state index contributed by atoms with van der Waals surface area (Å²) in [5.41, 5.74) is 1.41. The molecule has 6 heteroatoms. The van der Waals surface area contributed by atoms with Crippen molar-refractivity contribution in [2.75, 3.05) is 26.2 Å². The molecular weight excluding hydrogens is 318 g/mol. The molecule has 3 amide bonds. The number of urea groups is 1. The van der Waals surface area contributed by atoms with Crippen molar-refractivity contribution < 1.29 is 14.7 Å². The Bertz CT molecular complexity index is 459. The minimum absolute atomic E-state index is 0.0328. The maximum atomic E-state index is 12.1. The minimum atomic E-state index is -0.422. The zero-order valence-electron chi connectivity index (χ0n) is 15.3. The molecule has 142 valence electrons. The van der Waals surface area contributed by atoms with E-state index in [-0.39, 0.29) is 19.1 Å². The molecule has 0 atom stereocenters. The molecule has 0 unspecified atom stereocenters. The van der Waals surface area contributed by atoms with Crippen LogP contribution >= 0.6 is 0 Å². The van der Waals surface area contributed by atoms with Gasteiger partial charge < -0.3 is 10.4 Å². The molecule has 0 heterocycles. The second-order valence-electron chi connectivity index (χ2n) is 7.15. The molecule has 0 saturated heterocycles. The number of hydrogen-bond donors (Lipinski definition) is 3. The van der Waals surface area contributed by atoms with Gasteiger partial charge in [0.15, 0.2) is 0 Å². The van der Waals surface area contributed by atoms with Crippen LogP contribution in [0.4, 0.5) is 4.79 Å². The van der Waals surface area contributed by atoms with Gasteiger partial charge in [0.2, 0.25) is 5.91 Å². The third kappa shape index (κ3) is 7.57. The van der Waals surface area contributed by atoms with Crippen LogP contribution in [-0.2, 0) is 4.79 Å². The molecule has 2 rings (SSSR count). The lowest BCUT2D eigenvalue weighted by Gasteiger charge is -2.33. The van der Waals surface area contributed by atoms with E-state index in [2.05, 4.69) is 16.7 Å². The van der Waals surface area contributed by atoms with Crippen LogP contribution in [0.2, 0.25) is 0 Å². The van der Waals surface area contributed by atoms with Crippen molar-refractivity contribution in [1.29, 1.82) is 0 Å². The van der Waals surface area contributed by atoms with E-state index in [1.54, 1.807) is 0 Å². The second-order valence-corrected chi connectivity index (χ2v) is 7.15. The summed E-state index contributed by atoms with van der Waals surface area (Å²) in [5, 5.41) is 14.4. The largest absolute Gasteiger partial charge is 0.395 e. The van der Waals surface area contributed by atoms with Gasteiger partial charge in [-0.05, 0) is 44.9 Å². The molecule has 2 aliphatic rings. The fourth-order valence-corrected chi connectivity index (χ4v) is 3.83. The van der Waals surface area contributed by atoms with Gasteiger partial charge in [0.05, 0.1) is 13.2 Å². The molecule has 0 aliphatic heterocycles. The number of imide groups is 1. The lowest BCUT2D eigenvalue weighted by atomic mass is 9.94. The first-order valence-electron chi connectivity index (χ1n) is 9.79. The molecule has 25 heavy (non-hydrogen) atoms. The van der Waals surface area contributed by atoms with Crippen LogP contribution in [0.15, 0.2) is 11.6 Å². The Kier molecular flexibility index (Phi) is 8.97. The Morgan fingerprint density at radius 3 is 2.64 bits per heavy atom. The monoisotopic (exact) mass is 351 g/mol. The van der Waals surface area contributed by atoms with Gasteiger partial charge in [-0.3, -0.25) is 15.0 Å². The first kappa shape index (κ1) is 19.9. The maximum Gasteiger partial charge on any atom is 0.321 e. The van der Waals surface area contributed by atoms with Crippen molar-refractivity contribution in [2.45, 2.75) is 70.3 Å².